The molecule has 0 fully saturated rings. The van der Waals surface area contributed by atoms with E-state index in [9.17, 15) is 14.4 Å². The smallest absolute Gasteiger partial charge is 0.335 e. The molecule has 0 aromatic heterocycles. The topological polar surface area (TPSA) is 89.9 Å². The lowest BCUT2D eigenvalue weighted by atomic mass is 9.65. The Morgan fingerprint density at radius 3 is 2.00 bits per heavy atom. The lowest BCUT2D eigenvalue weighted by molar-refractivity contribution is -0.120. The Hall–Kier alpha value is -3.67. The number of hydrogen-bond donors (Lipinski definition) is 1. The summed E-state index contributed by atoms with van der Waals surface area (Å²) in [5.74, 6) is 0.628. The monoisotopic (exact) mass is 500 g/mol. The van der Waals surface area contributed by atoms with Gasteiger partial charge >= 0.3 is 5.97 Å². The molecule has 5 rings (SSSR count). The lowest BCUT2D eigenvalue weighted by Crippen LogP contribution is -2.37. The van der Waals surface area contributed by atoms with E-state index in [1.165, 1.54) is 0 Å². The van der Waals surface area contributed by atoms with Crippen molar-refractivity contribution in [3.8, 4) is 5.75 Å². The number of rotatable bonds is 5. The maximum Gasteiger partial charge on any atom is 0.335 e. The van der Waals surface area contributed by atoms with E-state index in [1.807, 2.05) is 24.3 Å². The van der Waals surface area contributed by atoms with Gasteiger partial charge in [-0.3, -0.25) is 9.59 Å². The highest BCUT2D eigenvalue weighted by Crippen LogP contribution is 2.53. The summed E-state index contributed by atoms with van der Waals surface area (Å²) in [7, 11) is 0. The third-order valence-electron chi connectivity index (χ3n) is 7.38. The van der Waals surface area contributed by atoms with Crippen molar-refractivity contribution in [3.63, 3.8) is 0 Å². The number of Topliss-reactive ketones (excluding diaryl/α,β-unsaturated/α-hetero) is 2. The van der Waals surface area contributed by atoms with Gasteiger partial charge in [-0.25, -0.2) is 4.79 Å². The molecule has 0 unspecified atom stereocenters. The van der Waals surface area contributed by atoms with Gasteiger partial charge in [0, 0.05) is 42.7 Å². The molecule has 0 amide bonds. The summed E-state index contributed by atoms with van der Waals surface area (Å²) >= 11 is 0. The number of benzene rings is 2. The number of hydrogen-bond acceptors (Lipinski definition) is 5. The van der Waals surface area contributed by atoms with Gasteiger partial charge in [-0.1, -0.05) is 52.0 Å². The maximum absolute atomic E-state index is 13.5. The van der Waals surface area contributed by atoms with Crippen LogP contribution in [0.15, 0.2) is 71.2 Å². The van der Waals surface area contributed by atoms with Crippen molar-refractivity contribution in [2.75, 3.05) is 0 Å². The number of ether oxygens (including phenoxy) is 2. The van der Waals surface area contributed by atoms with Crippen LogP contribution in [0.5, 0.6) is 5.75 Å². The molecular formula is C31H32O6. The Morgan fingerprint density at radius 2 is 1.46 bits per heavy atom. The van der Waals surface area contributed by atoms with Gasteiger partial charge in [0.15, 0.2) is 11.6 Å². The van der Waals surface area contributed by atoms with E-state index in [2.05, 4.69) is 27.7 Å². The fraction of sp³-hybridized carbons (Fsp3) is 0.387. The highest BCUT2D eigenvalue weighted by atomic mass is 16.5. The van der Waals surface area contributed by atoms with Gasteiger partial charge in [0.2, 0.25) is 0 Å². The van der Waals surface area contributed by atoms with E-state index in [0.29, 0.717) is 54.1 Å². The van der Waals surface area contributed by atoms with E-state index in [0.717, 1.165) is 11.1 Å². The first kappa shape index (κ1) is 25.0. The summed E-state index contributed by atoms with van der Waals surface area (Å²) in [6, 6.07) is 14.1. The summed E-state index contributed by atoms with van der Waals surface area (Å²) in [6.07, 6.45) is 2.13. The second kappa shape index (κ2) is 9.02. The number of carbonyl (C=O) groups excluding carboxylic acids is 2. The average molecular weight is 501 g/mol. The van der Waals surface area contributed by atoms with Gasteiger partial charge in [0.1, 0.15) is 23.9 Å². The molecule has 0 radical (unpaired) electrons. The van der Waals surface area contributed by atoms with Crippen molar-refractivity contribution in [2.45, 2.75) is 65.9 Å². The number of aromatic carboxylic acids is 1. The second-order valence-corrected chi connectivity index (χ2v) is 12.0. The summed E-state index contributed by atoms with van der Waals surface area (Å²) in [4.78, 5) is 38.0. The third kappa shape index (κ3) is 4.97. The number of allylic oxidation sites excluding steroid dienone is 4. The zero-order valence-electron chi connectivity index (χ0n) is 21.7. The number of carbonyl (C=O) groups is 3. The SMILES string of the molecule is CC1(C)CC(=O)C2=C(C1)OC1=C(C(=O)CC(C)(C)C1)C2c1cccc(OCc2ccc(C(=O)O)cc2)c1. The summed E-state index contributed by atoms with van der Waals surface area (Å²) in [5.41, 5.74) is 2.70. The third-order valence-corrected chi connectivity index (χ3v) is 7.38. The fourth-order valence-electron chi connectivity index (χ4n) is 5.70. The van der Waals surface area contributed by atoms with Gasteiger partial charge in [-0.05, 0) is 46.2 Å². The molecule has 1 aliphatic heterocycles. The minimum absolute atomic E-state index is 0.0327. The van der Waals surface area contributed by atoms with Crippen molar-refractivity contribution in [3.05, 3.63) is 87.9 Å². The minimum Gasteiger partial charge on any atom is -0.489 e. The quantitative estimate of drug-likeness (QED) is 0.514. The Morgan fingerprint density at radius 1 is 0.892 bits per heavy atom. The molecule has 6 nitrogen and oxygen atoms in total. The minimum atomic E-state index is -0.972. The molecule has 6 heteroatoms. The maximum atomic E-state index is 13.5. The van der Waals surface area contributed by atoms with Gasteiger partial charge in [0.25, 0.3) is 0 Å². The first-order valence-corrected chi connectivity index (χ1v) is 12.7. The highest BCUT2D eigenvalue weighted by molar-refractivity contribution is 6.06. The molecular weight excluding hydrogens is 468 g/mol. The predicted octanol–water partition coefficient (Wildman–Crippen LogP) is 6.36. The first-order valence-electron chi connectivity index (χ1n) is 12.7. The van der Waals surface area contributed by atoms with Crippen molar-refractivity contribution in [1.82, 2.24) is 0 Å². The summed E-state index contributed by atoms with van der Waals surface area (Å²) in [6.45, 7) is 8.56. The van der Waals surface area contributed by atoms with Crippen LogP contribution in [0.25, 0.3) is 0 Å². The fourth-order valence-corrected chi connectivity index (χ4v) is 5.70. The van der Waals surface area contributed by atoms with Crippen LogP contribution in [0.4, 0.5) is 0 Å². The first-order chi connectivity index (χ1) is 17.4. The normalized spacial score (nSPS) is 20.8. The molecule has 0 saturated carbocycles. The molecule has 2 aliphatic carbocycles. The molecule has 2 aromatic rings. The van der Waals surface area contributed by atoms with Gasteiger partial charge in [-0.15, -0.1) is 0 Å². The summed E-state index contributed by atoms with van der Waals surface area (Å²) < 4.78 is 12.4. The van der Waals surface area contributed by atoms with E-state index in [-0.39, 0.29) is 34.6 Å². The van der Waals surface area contributed by atoms with Crippen LogP contribution in [0, 0.1) is 10.8 Å². The van der Waals surface area contributed by atoms with Crippen molar-refractivity contribution in [1.29, 1.82) is 0 Å². The number of ketones is 2. The van der Waals surface area contributed by atoms with E-state index < -0.39 is 11.9 Å². The molecule has 0 saturated heterocycles. The molecule has 0 atom stereocenters. The Balaban J connectivity index is 1.50. The molecule has 0 spiro atoms. The standard InChI is InChI=1S/C31H32O6/c1-30(2)13-22(32)27-24(15-30)37-25-16-31(3,4)14-23(33)28(25)26(27)20-6-5-7-21(12-20)36-17-18-8-10-19(11-9-18)29(34)35/h5-12,26H,13-17H2,1-4H3,(H,34,35). The highest BCUT2D eigenvalue weighted by Gasteiger charge is 2.47. The lowest BCUT2D eigenvalue weighted by Gasteiger charge is -2.42. The molecule has 3 aliphatic rings. The van der Waals surface area contributed by atoms with Crippen LogP contribution in [-0.4, -0.2) is 22.6 Å². The van der Waals surface area contributed by atoms with Gasteiger partial charge in [-0.2, -0.15) is 0 Å². The van der Waals surface area contributed by atoms with Crippen LogP contribution in [0.2, 0.25) is 0 Å². The van der Waals surface area contributed by atoms with Crippen LogP contribution in [-0.2, 0) is 20.9 Å². The van der Waals surface area contributed by atoms with Crippen molar-refractivity contribution in [2.24, 2.45) is 10.8 Å². The van der Waals surface area contributed by atoms with E-state index >= 15 is 0 Å². The van der Waals surface area contributed by atoms with Crippen LogP contribution in [0.1, 0.15) is 80.8 Å². The van der Waals surface area contributed by atoms with E-state index in [4.69, 9.17) is 14.6 Å². The molecule has 1 heterocycles. The molecule has 0 bridgehead atoms. The van der Waals surface area contributed by atoms with Crippen LogP contribution >= 0.6 is 0 Å². The largest absolute Gasteiger partial charge is 0.489 e. The average Bonchev–Trinajstić information content (AvgIpc) is 2.80. The molecule has 192 valence electrons. The molecule has 37 heavy (non-hydrogen) atoms. The number of carboxylic acids is 1. The number of carboxylic acid groups (broad SMARTS) is 1. The van der Waals surface area contributed by atoms with Crippen molar-refractivity contribution < 1.29 is 29.0 Å². The van der Waals surface area contributed by atoms with E-state index in [1.54, 1.807) is 24.3 Å². The van der Waals surface area contributed by atoms with Crippen LogP contribution < -0.4 is 4.74 Å². The Kier molecular flexibility index (Phi) is 6.09. The van der Waals surface area contributed by atoms with Gasteiger partial charge in [0.05, 0.1) is 5.56 Å². The Labute approximate surface area is 217 Å². The zero-order valence-corrected chi connectivity index (χ0v) is 21.7. The Bertz CT molecular complexity index is 1300. The molecule has 2 aromatic carbocycles. The van der Waals surface area contributed by atoms with Crippen LogP contribution in [0.3, 0.4) is 0 Å². The summed E-state index contributed by atoms with van der Waals surface area (Å²) in [5, 5.41) is 9.10. The second-order valence-electron chi connectivity index (χ2n) is 12.0. The predicted molar refractivity (Wildman–Crippen MR) is 138 cm³/mol. The zero-order chi connectivity index (χ0) is 26.5. The van der Waals surface area contributed by atoms with Crippen molar-refractivity contribution >= 4 is 17.5 Å². The van der Waals surface area contributed by atoms with Gasteiger partial charge < -0.3 is 14.6 Å². The molecule has 1 N–H and O–H groups in total.